The molecule has 2 aliphatic rings. The van der Waals surface area contributed by atoms with Crippen molar-refractivity contribution in [3.05, 3.63) is 64.3 Å². The maximum absolute atomic E-state index is 13.7. The second-order valence-electron chi connectivity index (χ2n) is 7.67. The van der Waals surface area contributed by atoms with Crippen LogP contribution < -0.4 is 9.64 Å². The minimum atomic E-state index is -0.354. The van der Waals surface area contributed by atoms with Gasteiger partial charge in [-0.25, -0.2) is 4.90 Å². The van der Waals surface area contributed by atoms with Crippen LogP contribution in [0.4, 0.5) is 5.69 Å². The Morgan fingerprint density at radius 1 is 0.968 bits per heavy atom. The largest absolute Gasteiger partial charge is 0.496 e. The number of hydrogen-bond donors (Lipinski definition) is 0. The van der Waals surface area contributed by atoms with E-state index in [0.29, 0.717) is 51.9 Å². The first-order valence-electron chi connectivity index (χ1n) is 10.5. The summed E-state index contributed by atoms with van der Waals surface area (Å²) in [5, 5.41) is 0.516. The minimum absolute atomic E-state index is 0.318. The maximum Gasteiger partial charge on any atom is 0.282 e. The maximum atomic E-state index is 13.7. The quantitative estimate of drug-likeness (QED) is 0.666. The number of nitrogens with zero attached hydrogens (tertiary/aromatic N) is 3. The Kier molecular flexibility index (Phi) is 6.03. The first kappa shape index (κ1) is 21.4. The Morgan fingerprint density at radius 3 is 2.35 bits per heavy atom. The smallest absolute Gasteiger partial charge is 0.282 e. The van der Waals surface area contributed by atoms with Crippen molar-refractivity contribution >= 4 is 34.7 Å². The zero-order chi connectivity index (χ0) is 22.1. The lowest BCUT2D eigenvalue weighted by Gasteiger charge is -2.36. The van der Waals surface area contributed by atoms with Gasteiger partial charge >= 0.3 is 0 Å². The van der Waals surface area contributed by atoms with Gasteiger partial charge in [-0.15, -0.1) is 0 Å². The van der Waals surface area contributed by atoms with Gasteiger partial charge in [0.25, 0.3) is 11.8 Å². The van der Waals surface area contributed by atoms with Gasteiger partial charge in [0, 0.05) is 36.8 Å². The van der Waals surface area contributed by atoms with E-state index in [1.54, 1.807) is 31.4 Å². The summed E-state index contributed by atoms with van der Waals surface area (Å²) in [4.78, 5) is 33.1. The van der Waals surface area contributed by atoms with Crippen LogP contribution in [0.2, 0.25) is 5.02 Å². The number of methoxy groups -OCH3 is 1. The molecule has 0 bridgehead atoms. The number of para-hydroxylation sites is 1. The topological polar surface area (TPSA) is 53.1 Å². The Balaban J connectivity index is 1.85. The summed E-state index contributed by atoms with van der Waals surface area (Å²) < 4.78 is 5.53. The second kappa shape index (κ2) is 8.73. The predicted molar refractivity (Wildman–Crippen MR) is 122 cm³/mol. The molecule has 0 aromatic heterocycles. The van der Waals surface area contributed by atoms with Crippen molar-refractivity contribution in [1.29, 1.82) is 0 Å². The highest BCUT2D eigenvalue weighted by atomic mass is 35.5. The van der Waals surface area contributed by atoms with Gasteiger partial charge in [-0.1, -0.05) is 42.8 Å². The highest BCUT2D eigenvalue weighted by Gasteiger charge is 2.44. The molecule has 7 heteroatoms. The summed E-state index contributed by atoms with van der Waals surface area (Å²) in [5.74, 6) is -0.109. The lowest BCUT2D eigenvalue weighted by molar-refractivity contribution is -0.120. The standard InChI is InChI=1S/C24H26ClN3O3/c1-4-26-12-14-27(15-13-26)22-21(17-8-5-6-11-20(17)31-3)23(29)28(24(22)30)19-10-7-9-18(25)16(19)2/h5-11H,4,12-15H2,1-3H3. The molecule has 31 heavy (non-hydrogen) atoms. The molecule has 2 amide bonds. The number of halogens is 1. The molecule has 0 N–H and O–H groups in total. The second-order valence-corrected chi connectivity index (χ2v) is 8.08. The molecule has 0 unspecified atom stereocenters. The molecule has 2 heterocycles. The van der Waals surface area contributed by atoms with Crippen LogP contribution in [-0.4, -0.2) is 61.4 Å². The van der Waals surface area contributed by atoms with E-state index in [0.717, 1.165) is 19.6 Å². The van der Waals surface area contributed by atoms with E-state index < -0.39 is 0 Å². The van der Waals surface area contributed by atoms with E-state index >= 15 is 0 Å². The van der Waals surface area contributed by atoms with E-state index in [4.69, 9.17) is 16.3 Å². The summed E-state index contributed by atoms with van der Waals surface area (Å²) in [5.41, 5.74) is 2.65. The predicted octanol–water partition coefficient (Wildman–Crippen LogP) is 3.58. The Labute approximate surface area is 187 Å². The van der Waals surface area contributed by atoms with E-state index in [1.807, 2.05) is 30.0 Å². The first-order chi connectivity index (χ1) is 15.0. The van der Waals surface area contributed by atoms with Crippen molar-refractivity contribution in [2.24, 2.45) is 0 Å². The van der Waals surface area contributed by atoms with E-state index in [9.17, 15) is 9.59 Å². The van der Waals surface area contributed by atoms with Gasteiger partial charge in [-0.05, 0) is 37.2 Å². The molecule has 2 aromatic carbocycles. The summed E-state index contributed by atoms with van der Waals surface area (Å²) in [7, 11) is 1.57. The number of amides is 2. The zero-order valence-electron chi connectivity index (χ0n) is 18.0. The lowest BCUT2D eigenvalue weighted by Crippen LogP contribution is -2.47. The number of imide groups is 1. The zero-order valence-corrected chi connectivity index (χ0v) is 18.8. The molecule has 2 aliphatic heterocycles. The summed E-state index contributed by atoms with van der Waals surface area (Å²) >= 11 is 6.31. The molecule has 0 atom stereocenters. The minimum Gasteiger partial charge on any atom is -0.496 e. The van der Waals surface area contributed by atoms with Gasteiger partial charge < -0.3 is 14.5 Å². The van der Waals surface area contributed by atoms with Crippen LogP contribution in [0.1, 0.15) is 18.1 Å². The van der Waals surface area contributed by atoms with Gasteiger partial charge in [0.05, 0.1) is 18.4 Å². The van der Waals surface area contributed by atoms with Crippen LogP contribution in [0.15, 0.2) is 48.2 Å². The highest BCUT2D eigenvalue weighted by Crippen LogP contribution is 2.40. The molecule has 0 aliphatic carbocycles. The molecule has 1 fully saturated rings. The third-order valence-electron chi connectivity index (χ3n) is 6.05. The number of ether oxygens (including phenoxy) is 1. The fourth-order valence-electron chi connectivity index (χ4n) is 4.25. The number of anilines is 1. The monoisotopic (exact) mass is 439 g/mol. The molecule has 162 valence electrons. The van der Waals surface area contributed by atoms with Crippen molar-refractivity contribution in [2.75, 3.05) is 44.7 Å². The van der Waals surface area contributed by atoms with Crippen molar-refractivity contribution in [3.63, 3.8) is 0 Å². The normalized spacial score (nSPS) is 17.7. The number of likely N-dealkylation sites (N-methyl/N-ethyl adjacent to an activating group) is 1. The van der Waals surface area contributed by atoms with Crippen LogP contribution in [0.25, 0.3) is 5.57 Å². The third-order valence-corrected chi connectivity index (χ3v) is 6.46. The molecule has 0 radical (unpaired) electrons. The van der Waals surface area contributed by atoms with Crippen molar-refractivity contribution in [3.8, 4) is 5.75 Å². The number of carbonyl (C=O) groups is 2. The SMILES string of the molecule is CCN1CCN(C2=C(c3ccccc3OC)C(=O)N(c3cccc(Cl)c3C)C2=O)CC1. The van der Waals surface area contributed by atoms with Crippen LogP contribution >= 0.6 is 11.6 Å². The van der Waals surface area contributed by atoms with Crippen LogP contribution in [0.3, 0.4) is 0 Å². The lowest BCUT2D eigenvalue weighted by atomic mass is 10.0. The van der Waals surface area contributed by atoms with E-state index in [-0.39, 0.29) is 11.8 Å². The van der Waals surface area contributed by atoms with Gasteiger partial charge in [-0.3, -0.25) is 9.59 Å². The number of carbonyl (C=O) groups excluding carboxylic acids is 2. The highest BCUT2D eigenvalue weighted by molar-refractivity contribution is 6.46. The number of benzene rings is 2. The average Bonchev–Trinajstić information content (AvgIpc) is 3.05. The van der Waals surface area contributed by atoms with E-state index in [2.05, 4.69) is 11.8 Å². The molecule has 0 spiro atoms. The Morgan fingerprint density at radius 2 is 1.68 bits per heavy atom. The summed E-state index contributed by atoms with van der Waals surface area (Å²) in [6.07, 6.45) is 0. The molecule has 0 saturated carbocycles. The molecular weight excluding hydrogens is 414 g/mol. The molecule has 6 nitrogen and oxygen atoms in total. The van der Waals surface area contributed by atoms with Crippen LogP contribution in [0.5, 0.6) is 5.75 Å². The number of hydrogen-bond acceptors (Lipinski definition) is 5. The average molecular weight is 440 g/mol. The summed E-state index contributed by atoms with van der Waals surface area (Å²) in [6.45, 7) is 7.97. The molecule has 2 aromatic rings. The van der Waals surface area contributed by atoms with Crippen molar-refractivity contribution in [2.45, 2.75) is 13.8 Å². The number of rotatable bonds is 5. The van der Waals surface area contributed by atoms with Crippen molar-refractivity contribution in [1.82, 2.24) is 9.80 Å². The van der Waals surface area contributed by atoms with Gasteiger partial charge in [0.1, 0.15) is 11.4 Å². The molecular formula is C24H26ClN3O3. The third kappa shape index (κ3) is 3.70. The van der Waals surface area contributed by atoms with Gasteiger partial charge in [-0.2, -0.15) is 0 Å². The number of piperazine rings is 1. The van der Waals surface area contributed by atoms with E-state index in [1.165, 1.54) is 4.90 Å². The van der Waals surface area contributed by atoms with Crippen LogP contribution in [0, 0.1) is 6.92 Å². The van der Waals surface area contributed by atoms with Gasteiger partial charge in [0.2, 0.25) is 0 Å². The van der Waals surface area contributed by atoms with Crippen LogP contribution in [-0.2, 0) is 9.59 Å². The Bertz CT molecular complexity index is 1060. The first-order valence-corrected chi connectivity index (χ1v) is 10.8. The van der Waals surface area contributed by atoms with Crippen molar-refractivity contribution < 1.29 is 14.3 Å². The molecule has 1 saturated heterocycles. The summed E-state index contributed by atoms with van der Waals surface area (Å²) in [6, 6.07) is 12.6. The Hall–Kier alpha value is -2.83. The molecule has 4 rings (SSSR count). The fourth-order valence-corrected chi connectivity index (χ4v) is 4.42. The fraction of sp³-hybridized carbons (Fsp3) is 0.333. The van der Waals surface area contributed by atoms with Gasteiger partial charge in [0.15, 0.2) is 0 Å².